The summed E-state index contributed by atoms with van der Waals surface area (Å²) in [6, 6.07) is -0.451. The number of guanidine groups is 1. The van der Waals surface area contributed by atoms with Crippen molar-refractivity contribution in [2.45, 2.75) is 84.1 Å². The number of fused-ring (bicyclic) bond motifs is 1. The van der Waals surface area contributed by atoms with E-state index in [0.717, 1.165) is 32.0 Å². The fraction of sp³-hybridized carbons (Fsp3) is 0.615. The van der Waals surface area contributed by atoms with Crippen LogP contribution in [0.4, 0.5) is 0 Å². The van der Waals surface area contributed by atoms with Gasteiger partial charge in [-0.3, -0.25) is 4.99 Å². The van der Waals surface area contributed by atoms with Crippen molar-refractivity contribution in [1.29, 1.82) is 0 Å². The minimum absolute atomic E-state index is 0. The van der Waals surface area contributed by atoms with E-state index in [4.69, 9.17) is 5.11 Å². The van der Waals surface area contributed by atoms with Crippen LogP contribution in [-0.2, 0) is 28.0 Å². The third-order valence-corrected chi connectivity index (χ3v) is 10.5. The molecule has 2 N–H and O–H groups in total. The number of carboxylic acids is 1. The maximum absolute atomic E-state index is 10.7. The Hall–Kier alpha value is 0.0332. The van der Waals surface area contributed by atoms with Gasteiger partial charge in [-0.25, -0.2) is 4.79 Å². The summed E-state index contributed by atoms with van der Waals surface area (Å²) >= 11 is -0.463. The van der Waals surface area contributed by atoms with Crippen molar-refractivity contribution >= 4 is 62.6 Å². The summed E-state index contributed by atoms with van der Waals surface area (Å²) in [4.78, 5) is 17.1. The first-order valence-electron chi connectivity index (χ1n) is 12.4. The molecule has 35 heavy (non-hydrogen) atoms. The third kappa shape index (κ3) is 11.1. The minimum Gasteiger partial charge on any atom is -0.480 e. The maximum atomic E-state index is 10.7. The molecule has 2 heterocycles. The van der Waals surface area contributed by atoms with E-state index < -0.39 is 35.2 Å². The standard InChI is InChI=1S/2C9H13.C8H13N3O2.2ClH.In.Zr/c2*1-2-3-6-9-7-4-5-8-9;12-7(13)6-2-5-11-4-1-3-9-8(11)10-6;;;;/h2*4,7H,2-3,5-6H2,1H3;6H,1-5H2,(H,9,10)(H,12,13);2*1H;;. The number of aliphatic imine (C=N–C) groups is 1. The summed E-state index contributed by atoms with van der Waals surface area (Å²) in [5.41, 5.74) is 3.42. The Labute approximate surface area is 254 Å². The summed E-state index contributed by atoms with van der Waals surface area (Å²) in [7, 11) is 0. The molecular weight excluding hydrogens is 663 g/mol. The van der Waals surface area contributed by atoms with Crippen molar-refractivity contribution in [3.05, 3.63) is 42.0 Å². The van der Waals surface area contributed by atoms with Crippen LogP contribution in [0.15, 0.2) is 47.0 Å². The Morgan fingerprint density at radius 3 is 2.14 bits per heavy atom. The van der Waals surface area contributed by atoms with Crippen LogP contribution in [0.5, 0.6) is 0 Å². The Morgan fingerprint density at radius 1 is 1.06 bits per heavy atom. The largest absolute Gasteiger partial charge is 0.480 e. The van der Waals surface area contributed by atoms with Crippen molar-refractivity contribution in [2.75, 3.05) is 19.6 Å². The van der Waals surface area contributed by atoms with Crippen LogP contribution in [0, 0.1) is 0 Å². The molecule has 0 aromatic heterocycles. The zero-order chi connectivity index (χ0) is 22.8. The molecule has 1 atom stereocenters. The van der Waals surface area contributed by atoms with Gasteiger partial charge in [0.15, 0.2) is 5.96 Å². The first-order chi connectivity index (χ1) is 15.6. The van der Waals surface area contributed by atoms with Gasteiger partial charge in [-0.15, -0.1) is 24.8 Å². The molecule has 1 saturated heterocycles. The topological polar surface area (TPSA) is 64.9 Å². The molecule has 5 nitrogen and oxygen atoms in total. The van der Waals surface area contributed by atoms with Crippen LogP contribution < -0.4 is 5.32 Å². The van der Waals surface area contributed by atoms with Gasteiger partial charge in [0.1, 0.15) is 6.04 Å². The summed E-state index contributed by atoms with van der Waals surface area (Å²) in [6.45, 7) is 7.21. The molecule has 0 aromatic carbocycles. The molecule has 2 aliphatic carbocycles. The smallest absolute Gasteiger partial charge is 0.326 e. The second-order valence-electron chi connectivity index (χ2n) is 8.92. The van der Waals surface area contributed by atoms with Crippen molar-refractivity contribution in [2.24, 2.45) is 4.99 Å². The molecule has 9 heteroatoms. The first kappa shape index (κ1) is 35.0. The van der Waals surface area contributed by atoms with Crippen LogP contribution in [0.3, 0.4) is 0 Å². The van der Waals surface area contributed by atoms with Gasteiger partial charge in [0.05, 0.1) is 0 Å². The molecule has 0 aromatic rings. The number of hydrogen-bond acceptors (Lipinski definition) is 4. The van der Waals surface area contributed by atoms with Gasteiger partial charge in [0.25, 0.3) is 0 Å². The number of carbonyl (C=O) groups is 1. The number of hydrogen-bond donors (Lipinski definition) is 2. The van der Waals surface area contributed by atoms with E-state index >= 15 is 0 Å². The van der Waals surface area contributed by atoms with Gasteiger partial charge in [0.2, 0.25) is 0 Å². The molecule has 0 amide bonds. The fourth-order valence-electron chi connectivity index (χ4n) is 4.45. The van der Waals surface area contributed by atoms with Gasteiger partial charge in [0, 0.05) is 45.5 Å². The molecule has 1 fully saturated rings. The van der Waals surface area contributed by atoms with E-state index in [0.29, 0.717) is 6.42 Å². The Morgan fingerprint density at radius 2 is 1.63 bits per heavy atom. The summed E-state index contributed by atoms with van der Waals surface area (Å²) in [5.74, 6) is -0.0159. The van der Waals surface area contributed by atoms with Crippen LogP contribution >= 0.6 is 24.8 Å². The molecule has 4 aliphatic rings. The number of nitrogens with zero attached hydrogens (tertiary/aromatic N) is 2. The zero-order valence-corrected chi connectivity index (χ0v) is 28.6. The molecule has 4 rings (SSSR count). The molecule has 0 spiro atoms. The Balaban J connectivity index is 0.000000641. The maximum Gasteiger partial charge on any atom is 0.326 e. The van der Waals surface area contributed by atoms with E-state index in [1.165, 1.54) is 51.4 Å². The van der Waals surface area contributed by atoms with Crippen LogP contribution in [0.2, 0.25) is 0 Å². The van der Waals surface area contributed by atoms with E-state index in [2.05, 4.69) is 53.4 Å². The summed E-state index contributed by atoms with van der Waals surface area (Å²) < 4.78 is 3.73. The number of rotatable bonds is 9. The van der Waals surface area contributed by atoms with E-state index in [-0.39, 0.29) is 50.7 Å². The van der Waals surface area contributed by atoms with Gasteiger partial charge in [-0.2, -0.15) is 0 Å². The molecule has 0 bridgehead atoms. The zero-order valence-electron chi connectivity index (χ0n) is 21.2. The SMILES string of the molecule is CCCCC1=[C]([Zr][C]2=C(CCCC)C=CC2)CC=C1.Cl.Cl.O=C(O)C1CCN2CCCN=C2N1.[In]. The van der Waals surface area contributed by atoms with Crippen LogP contribution in [-0.4, -0.2) is 73.5 Å². The van der Waals surface area contributed by atoms with Gasteiger partial charge >= 0.3 is 136 Å². The number of aliphatic carboxylic acids is 1. The average molecular weight is 705 g/mol. The second kappa shape index (κ2) is 19.2. The molecule has 2 aliphatic heterocycles. The minimum atomic E-state index is -0.784. The normalized spacial score (nSPS) is 19.9. The third-order valence-electron chi connectivity index (χ3n) is 6.39. The molecule has 0 saturated carbocycles. The molecule has 3 radical (unpaired) electrons. The summed E-state index contributed by atoms with van der Waals surface area (Å²) in [5, 5.41) is 11.7. The predicted molar refractivity (Wildman–Crippen MR) is 149 cm³/mol. The number of allylic oxidation sites excluding steroid dienone is 8. The van der Waals surface area contributed by atoms with Gasteiger partial charge in [-0.05, 0) is 12.8 Å². The van der Waals surface area contributed by atoms with Crippen LogP contribution in [0.1, 0.15) is 78.1 Å². The number of halogens is 2. The van der Waals surface area contributed by atoms with Gasteiger partial charge in [-0.1, -0.05) is 0 Å². The first-order valence-corrected chi connectivity index (χ1v) is 14.9. The van der Waals surface area contributed by atoms with E-state index in [9.17, 15) is 4.79 Å². The van der Waals surface area contributed by atoms with E-state index in [1.54, 1.807) is 11.1 Å². The van der Waals surface area contributed by atoms with Crippen molar-refractivity contribution in [3.63, 3.8) is 0 Å². The second-order valence-corrected chi connectivity index (χ2v) is 12.5. The molecule has 193 valence electrons. The summed E-state index contributed by atoms with van der Waals surface area (Å²) in [6.07, 6.45) is 21.9. The number of unbranched alkanes of at least 4 members (excludes halogenated alkanes) is 2. The fourth-order valence-corrected chi connectivity index (χ4v) is 8.24. The van der Waals surface area contributed by atoms with E-state index in [1.807, 2.05) is 6.56 Å². The Kier molecular flexibility index (Phi) is 19.2. The monoisotopic (exact) mass is 702 g/mol. The van der Waals surface area contributed by atoms with Crippen molar-refractivity contribution in [1.82, 2.24) is 10.2 Å². The quantitative estimate of drug-likeness (QED) is 0.317. The Bertz CT molecular complexity index is 787. The molecular formula is C26H41Cl2InN3O2Zr. The number of carboxylic acid groups (broad SMARTS) is 1. The average Bonchev–Trinajstić information content (AvgIpc) is 3.45. The van der Waals surface area contributed by atoms with Gasteiger partial charge < -0.3 is 15.3 Å². The van der Waals surface area contributed by atoms with Crippen LogP contribution in [0.25, 0.3) is 0 Å². The van der Waals surface area contributed by atoms with Crippen molar-refractivity contribution < 1.29 is 33.1 Å². The van der Waals surface area contributed by atoms with Crippen molar-refractivity contribution in [3.8, 4) is 0 Å². The molecule has 1 unspecified atom stereocenters. The number of nitrogens with one attached hydrogen (secondary N) is 1. The predicted octanol–water partition coefficient (Wildman–Crippen LogP) is 5.83.